The van der Waals surface area contributed by atoms with Gasteiger partial charge in [-0.15, -0.1) is 0 Å². The molecule has 0 saturated carbocycles. The second-order valence-corrected chi connectivity index (χ2v) is 7.34. The largest absolute Gasteiger partial charge is 0.448 e. The number of ketones is 1. The highest BCUT2D eigenvalue weighted by Gasteiger charge is 2.20. The molecule has 29 heavy (non-hydrogen) atoms. The molecule has 1 aromatic carbocycles. The first-order valence-corrected chi connectivity index (χ1v) is 9.49. The zero-order chi connectivity index (χ0) is 20.7. The molecule has 0 amide bonds. The second-order valence-electron chi connectivity index (χ2n) is 7.34. The van der Waals surface area contributed by atoms with Gasteiger partial charge in [0.2, 0.25) is 5.58 Å². The first kappa shape index (κ1) is 19.1. The minimum Gasteiger partial charge on any atom is -0.448 e. The standard InChI is InChI=1S/C22H23N3O4/c1-13-9-17(15(3)25(13)14(2)11-28-4)18(26)10-24-12-23-20-16-7-5-6-8-19(16)29-21(20)22(24)27/h5-9,12,14H,10-11H2,1-4H3. The number of Topliss-reactive ketones (excluding diaryl/α,β-unsaturated/α-hetero) is 1. The van der Waals surface area contributed by atoms with Gasteiger partial charge in [-0.3, -0.25) is 14.2 Å². The van der Waals surface area contributed by atoms with Crippen LogP contribution in [-0.2, 0) is 11.3 Å². The lowest BCUT2D eigenvalue weighted by Gasteiger charge is -2.17. The van der Waals surface area contributed by atoms with E-state index in [2.05, 4.69) is 9.55 Å². The molecule has 0 spiro atoms. The van der Waals surface area contributed by atoms with Crippen molar-refractivity contribution in [2.45, 2.75) is 33.4 Å². The number of hydrogen-bond donors (Lipinski definition) is 0. The zero-order valence-corrected chi connectivity index (χ0v) is 16.9. The van der Waals surface area contributed by atoms with Gasteiger partial charge in [0.25, 0.3) is 5.56 Å². The van der Waals surface area contributed by atoms with Crippen molar-refractivity contribution in [2.75, 3.05) is 13.7 Å². The first-order valence-electron chi connectivity index (χ1n) is 9.49. The van der Waals surface area contributed by atoms with E-state index in [0.717, 1.165) is 16.8 Å². The van der Waals surface area contributed by atoms with Gasteiger partial charge in [-0.25, -0.2) is 4.98 Å². The molecule has 0 aliphatic carbocycles. The molecule has 0 bridgehead atoms. The lowest BCUT2D eigenvalue weighted by molar-refractivity contribution is 0.0969. The number of hydrogen-bond acceptors (Lipinski definition) is 5. The smallest absolute Gasteiger partial charge is 0.297 e. The van der Waals surface area contributed by atoms with Gasteiger partial charge in [-0.1, -0.05) is 12.1 Å². The minimum absolute atomic E-state index is 0.0955. The summed E-state index contributed by atoms with van der Waals surface area (Å²) in [6, 6.07) is 9.34. The molecule has 4 aromatic rings. The number of aryl methyl sites for hydroxylation is 1. The van der Waals surface area contributed by atoms with Crippen LogP contribution in [-0.4, -0.2) is 33.6 Å². The molecular formula is C22H23N3O4. The Bertz CT molecular complexity index is 1280. The van der Waals surface area contributed by atoms with Crippen molar-refractivity contribution in [3.63, 3.8) is 0 Å². The van der Waals surface area contributed by atoms with Crippen molar-refractivity contribution in [1.29, 1.82) is 0 Å². The van der Waals surface area contributed by atoms with Gasteiger partial charge in [0.05, 0.1) is 25.5 Å². The number of fused-ring (bicyclic) bond motifs is 3. The molecule has 1 unspecified atom stereocenters. The third-order valence-electron chi connectivity index (χ3n) is 5.30. The number of carbonyl (C=O) groups excluding carboxylic acids is 1. The third kappa shape index (κ3) is 3.17. The molecule has 0 N–H and O–H groups in total. The molecular weight excluding hydrogens is 370 g/mol. The van der Waals surface area contributed by atoms with Crippen LogP contribution in [0.2, 0.25) is 0 Å². The predicted molar refractivity (Wildman–Crippen MR) is 111 cm³/mol. The van der Waals surface area contributed by atoms with E-state index in [0.29, 0.717) is 23.3 Å². The van der Waals surface area contributed by atoms with Crippen LogP contribution in [0.5, 0.6) is 0 Å². The number of nitrogens with zero attached hydrogens (tertiary/aromatic N) is 3. The summed E-state index contributed by atoms with van der Waals surface area (Å²) in [4.78, 5) is 30.2. The molecule has 1 atom stereocenters. The number of rotatable bonds is 6. The Balaban J connectivity index is 1.69. The number of benzene rings is 1. The van der Waals surface area contributed by atoms with Gasteiger partial charge in [-0.05, 0) is 39.0 Å². The van der Waals surface area contributed by atoms with E-state index in [4.69, 9.17) is 9.15 Å². The monoisotopic (exact) mass is 393 g/mol. The van der Waals surface area contributed by atoms with Crippen LogP contribution in [0.3, 0.4) is 0 Å². The molecule has 7 nitrogen and oxygen atoms in total. The van der Waals surface area contributed by atoms with Crippen molar-refractivity contribution in [3.05, 3.63) is 64.0 Å². The highest BCUT2D eigenvalue weighted by atomic mass is 16.5. The number of ether oxygens (including phenoxy) is 1. The van der Waals surface area contributed by atoms with Crippen LogP contribution >= 0.6 is 0 Å². The van der Waals surface area contributed by atoms with Crippen LogP contribution in [0.25, 0.3) is 22.1 Å². The predicted octanol–water partition coefficient (Wildman–Crippen LogP) is 3.65. The molecule has 150 valence electrons. The lowest BCUT2D eigenvalue weighted by atomic mass is 10.1. The van der Waals surface area contributed by atoms with Crippen molar-refractivity contribution in [1.82, 2.24) is 14.1 Å². The molecule has 0 aliphatic rings. The highest BCUT2D eigenvalue weighted by Crippen LogP contribution is 2.24. The Morgan fingerprint density at radius 1 is 1.28 bits per heavy atom. The summed E-state index contributed by atoms with van der Waals surface area (Å²) in [6.45, 7) is 6.37. The van der Waals surface area contributed by atoms with Crippen molar-refractivity contribution < 1.29 is 13.9 Å². The van der Waals surface area contributed by atoms with Crippen molar-refractivity contribution in [2.24, 2.45) is 0 Å². The van der Waals surface area contributed by atoms with Gasteiger partial charge in [0, 0.05) is 29.4 Å². The van der Waals surface area contributed by atoms with Gasteiger partial charge < -0.3 is 13.7 Å². The average Bonchev–Trinajstić information content (AvgIpc) is 3.22. The SMILES string of the molecule is COCC(C)n1c(C)cc(C(=O)Cn2cnc3c(oc4ccccc43)c2=O)c1C. The molecule has 0 radical (unpaired) electrons. The van der Waals surface area contributed by atoms with E-state index in [9.17, 15) is 9.59 Å². The Kier molecular flexibility index (Phi) is 4.84. The normalized spacial score (nSPS) is 12.7. The topological polar surface area (TPSA) is 79.3 Å². The molecule has 0 saturated heterocycles. The number of para-hydroxylation sites is 1. The maximum atomic E-state index is 13.0. The summed E-state index contributed by atoms with van der Waals surface area (Å²) in [5.41, 5.74) is 3.37. The van der Waals surface area contributed by atoms with Crippen LogP contribution in [0, 0.1) is 13.8 Å². The first-order chi connectivity index (χ1) is 13.9. The van der Waals surface area contributed by atoms with Gasteiger partial charge in [0.15, 0.2) is 5.78 Å². The van der Waals surface area contributed by atoms with Crippen molar-refractivity contribution in [3.8, 4) is 0 Å². The van der Waals surface area contributed by atoms with Crippen LogP contribution in [0.15, 0.2) is 45.9 Å². The lowest BCUT2D eigenvalue weighted by Crippen LogP contribution is -2.24. The summed E-state index contributed by atoms with van der Waals surface area (Å²) in [6.07, 6.45) is 1.41. The summed E-state index contributed by atoms with van der Waals surface area (Å²) in [5.74, 6) is -0.145. The van der Waals surface area contributed by atoms with Crippen LogP contribution in [0.4, 0.5) is 0 Å². The number of furan rings is 1. The number of methoxy groups -OCH3 is 1. The van der Waals surface area contributed by atoms with E-state index in [1.807, 2.05) is 45.0 Å². The van der Waals surface area contributed by atoms with Crippen LogP contribution < -0.4 is 5.56 Å². The Morgan fingerprint density at radius 2 is 2.03 bits per heavy atom. The Hall–Kier alpha value is -3.19. The summed E-state index contributed by atoms with van der Waals surface area (Å²) in [7, 11) is 1.66. The molecule has 3 aromatic heterocycles. The summed E-state index contributed by atoms with van der Waals surface area (Å²) >= 11 is 0. The summed E-state index contributed by atoms with van der Waals surface area (Å²) in [5, 5.41) is 0.786. The second kappa shape index (κ2) is 7.33. The van der Waals surface area contributed by atoms with Gasteiger partial charge >= 0.3 is 0 Å². The van der Waals surface area contributed by atoms with E-state index < -0.39 is 0 Å². The average molecular weight is 393 g/mol. The molecule has 3 heterocycles. The Labute approximate surface area is 167 Å². The fourth-order valence-corrected chi connectivity index (χ4v) is 4.02. The molecule has 4 rings (SSSR count). The fraction of sp³-hybridized carbons (Fsp3) is 0.318. The third-order valence-corrected chi connectivity index (χ3v) is 5.30. The van der Waals surface area contributed by atoms with Gasteiger partial charge in [0.1, 0.15) is 11.1 Å². The number of aromatic nitrogens is 3. The zero-order valence-electron chi connectivity index (χ0n) is 16.9. The van der Waals surface area contributed by atoms with Crippen molar-refractivity contribution >= 4 is 27.9 Å². The Morgan fingerprint density at radius 3 is 2.79 bits per heavy atom. The number of carbonyl (C=O) groups is 1. The summed E-state index contributed by atoms with van der Waals surface area (Å²) < 4.78 is 14.3. The van der Waals surface area contributed by atoms with E-state index in [-0.39, 0.29) is 29.5 Å². The molecule has 0 fully saturated rings. The van der Waals surface area contributed by atoms with E-state index in [1.165, 1.54) is 10.9 Å². The van der Waals surface area contributed by atoms with Gasteiger partial charge in [-0.2, -0.15) is 0 Å². The van der Waals surface area contributed by atoms with E-state index in [1.54, 1.807) is 13.2 Å². The van der Waals surface area contributed by atoms with Crippen LogP contribution in [0.1, 0.15) is 34.7 Å². The molecule has 7 heteroatoms. The fourth-order valence-electron chi connectivity index (χ4n) is 4.02. The molecule has 0 aliphatic heterocycles. The quantitative estimate of drug-likeness (QED) is 0.467. The maximum Gasteiger partial charge on any atom is 0.297 e. The van der Waals surface area contributed by atoms with E-state index >= 15 is 0 Å². The maximum absolute atomic E-state index is 13.0. The highest BCUT2D eigenvalue weighted by molar-refractivity contribution is 6.02. The minimum atomic E-state index is -0.360.